The summed E-state index contributed by atoms with van der Waals surface area (Å²) in [6.45, 7) is 0.694. The van der Waals surface area contributed by atoms with Gasteiger partial charge in [-0.25, -0.2) is 0 Å². The van der Waals surface area contributed by atoms with Crippen molar-refractivity contribution in [1.29, 1.82) is 0 Å². The van der Waals surface area contributed by atoms with Crippen molar-refractivity contribution in [3.8, 4) is 0 Å². The molecule has 0 aliphatic carbocycles. The summed E-state index contributed by atoms with van der Waals surface area (Å²) in [6.07, 6.45) is 2.95. The summed E-state index contributed by atoms with van der Waals surface area (Å²) >= 11 is 0. The van der Waals surface area contributed by atoms with E-state index in [-0.39, 0.29) is 12.2 Å². The second-order valence-electron chi connectivity index (χ2n) is 4.56. The molecular weight excluding hydrogens is 252 g/mol. The molecule has 0 N–H and O–H groups in total. The maximum absolute atomic E-state index is 11.2. The molecule has 2 atom stereocenters. The number of rotatable bonds is 6. The highest BCUT2D eigenvalue weighted by molar-refractivity contribution is 7.86. The summed E-state index contributed by atoms with van der Waals surface area (Å²) in [7, 11) is -3.43. The van der Waals surface area contributed by atoms with E-state index < -0.39 is 10.1 Å². The van der Waals surface area contributed by atoms with Gasteiger partial charge in [0.1, 0.15) is 6.10 Å². The van der Waals surface area contributed by atoms with Gasteiger partial charge < -0.3 is 4.74 Å². The summed E-state index contributed by atoms with van der Waals surface area (Å²) in [4.78, 5) is 0. The second-order valence-corrected chi connectivity index (χ2v) is 6.16. The Morgan fingerprint density at radius 3 is 2.56 bits per heavy atom. The first-order valence-electron chi connectivity index (χ1n) is 6.08. The average molecular weight is 270 g/mol. The number of ether oxygens (including phenoxy) is 1. The second kappa shape index (κ2) is 5.82. The topological polar surface area (TPSA) is 52.6 Å². The lowest BCUT2D eigenvalue weighted by molar-refractivity contribution is -0.108. The van der Waals surface area contributed by atoms with Crippen molar-refractivity contribution in [2.45, 2.75) is 31.5 Å². The lowest BCUT2D eigenvalue weighted by Gasteiger charge is -2.33. The largest absolute Gasteiger partial charge is 0.375 e. The van der Waals surface area contributed by atoms with Crippen molar-refractivity contribution in [3.05, 3.63) is 35.9 Å². The number of hydrogen-bond acceptors (Lipinski definition) is 4. The Hall–Kier alpha value is -0.910. The summed E-state index contributed by atoms with van der Waals surface area (Å²) in [5.41, 5.74) is 1.18. The standard InChI is InChI=1S/C13H18O4S/c1-18(14,15)17-13(12-9-10-16-12)8-7-11-5-3-2-4-6-11/h2-6,12-13H,7-10H2,1H3. The van der Waals surface area contributed by atoms with Gasteiger partial charge >= 0.3 is 0 Å². The third kappa shape index (κ3) is 4.08. The average Bonchev–Trinajstić information content (AvgIpc) is 2.23. The van der Waals surface area contributed by atoms with E-state index in [4.69, 9.17) is 8.92 Å². The van der Waals surface area contributed by atoms with E-state index in [0.717, 1.165) is 19.1 Å². The van der Waals surface area contributed by atoms with E-state index in [1.807, 2.05) is 30.3 Å². The van der Waals surface area contributed by atoms with Crippen molar-refractivity contribution >= 4 is 10.1 Å². The van der Waals surface area contributed by atoms with Gasteiger partial charge in [0.2, 0.25) is 0 Å². The fourth-order valence-electron chi connectivity index (χ4n) is 2.02. The van der Waals surface area contributed by atoms with Crippen molar-refractivity contribution in [1.82, 2.24) is 0 Å². The fourth-order valence-corrected chi connectivity index (χ4v) is 2.69. The molecule has 1 aliphatic rings. The summed E-state index contributed by atoms with van der Waals surface area (Å²) in [5.74, 6) is 0. The van der Waals surface area contributed by atoms with Crippen molar-refractivity contribution < 1.29 is 17.3 Å². The van der Waals surface area contributed by atoms with Crippen LogP contribution in [0.25, 0.3) is 0 Å². The lowest BCUT2D eigenvalue weighted by atomic mass is 10.00. The quantitative estimate of drug-likeness (QED) is 0.739. The maximum Gasteiger partial charge on any atom is 0.264 e. The molecule has 2 rings (SSSR count). The van der Waals surface area contributed by atoms with Gasteiger partial charge in [0.15, 0.2) is 0 Å². The first-order chi connectivity index (χ1) is 8.54. The van der Waals surface area contributed by atoms with Crippen molar-refractivity contribution in [2.75, 3.05) is 12.9 Å². The van der Waals surface area contributed by atoms with Crippen LogP contribution >= 0.6 is 0 Å². The molecule has 1 aromatic carbocycles. The van der Waals surface area contributed by atoms with Crippen LogP contribution in [-0.4, -0.2) is 33.5 Å². The molecule has 1 saturated heterocycles. The summed E-state index contributed by atoms with van der Waals surface area (Å²) in [5, 5.41) is 0. The van der Waals surface area contributed by atoms with Crippen molar-refractivity contribution in [2.24, 2.45) is 0 Å². The molecule has 1 aromatic rings. The van der Waals surface area contributed by atoms with Gasteiger partial charge in [-0.15, -0.1) is 0 Å². The minimum absolute atomic E-state index is 0.0802. The number of hydrogen-bond donors (Lipinski definition) is 0. The Kier molecular flexibility index (Phi) is 4.37. The zero-order valence-electron chi connectivity index (χ0n) is 10.4. The van der Waals surface area contributed by atoms with E-state index in [0.29, 0.717) is 13.0 Å². The van der Waals surface area contributed by atoms with Crippen LogP contribution in [0.4, 0.5) is 0 Å². The van der Waals surface area contributed by atoms with E-state index in [1.54, 1.807) is 0 Å². The Balaban J connectivity index is 1.93. The van der Waals surface area contributed by atoms with Gasteiger partial charge in [-0.1, -0.05) is 30.3 Å². The van der Waals surface area contributed by atoms with Gasteiger partial charge in [0, 0.05) is 6.61 Å². The maximum atomic E-state index is 11.2. The Labute approximate surface area is 108 Å². The molecule has 5 heteroatoms. The van der Waals surface area contributed by atoms with Gasteiger partial charge in [0.05, 0.1) is 12.4 Å². The number of aryl methyl sites for hydroxylation is 1. The minimum Gasteiger partial charge on any atom is -0.375 e. The van der Waals surface area contributed by atoms with Crippen LogP contribution in [0.5, 0.6) is 0 Å². The molecule has 0 saturated carbocycles. The first kappa shape index (κ1) is 13.5. The molecule has 18 heavy (non-hydrogen) atoms. The van der Waals surface area contributed by atoms with Crippen LogP contribution in [0.1, 0.15) is 18.4 Å². The Morgan fingerprint density at radius 1 is 1.39 bits per heavy atom. The molecule has 100 valence electrons. The van der Waals surface area contributed by atoms with Gasteiger partial charge in [-0.2, -0.15) is 8.42 Å². The van der Waals surface area contributed by atoms with Crippen molar-refractivity contribution in [3.63, 3.8) is 0 Å². The number of benzene rings is 1. The van der Waals surface area contributed by atoms with E-state index in [9.17, 15) is 8.42 Å². The summed E-state index contributed by atoms with van der Waals surface area (Å²) < 4.78 is 32.9. The highest BCUT2D eigenvalue weighted by Crippen LogP contribution is 2.23. The normalized spacial score (nSPS) is 21.3. The zero-order chi connectivity index (χ0) is 13.0. The van der Waals surface area contributed by atoms with Crippen LogP contribution in [0, 0.1) is 0 Å². The molecule has 2 unspecified atom stereocenters. The zero-order valence-corrected chi connectivity index (χ0v) is 11.2. The first-order valence-corrected chi connectivity index (χ1v) is 7.90. The molecule has 1 fully saturated rings. The molecule has 0 radical (unpaired) electrons. The van der Waals surface area contributed by atoms with Gasteiger partial charge in [0.25, 0.3) is 10.1 Å². The van der Waals surface area contributed by atoms with Gasteiger partial charge in [-0.3, -0.25) is 4.18 Å². The molecule has 0 bridgehead atoms. The fraction of sp³-hybridized carbons (Fsp3) is 0.538. The molecular formula is C13H18O4S. The smallest absolute Gasteiger partial charge is 0.264 e. The molecule has 0 amide bonds. The van der Waals surface area contributed by atoms with Gasteiger partial charge in [-0.05, 0) is 24.8 Å². The van der Waals surface area contributed by atoms with Crippen LogP contribution in [0.3, 0.4) is 0 Å². The van der Waals surface area contributed by atoms with E-state index >= 15 is 0 Å². The molecule has 1 heterocycles. The predicted molar refractivity (Wildman–Crippen MR) is 68.8 cm³/mol. The summed E-state index contributed by atoms with van der Waals surface area (Å²) in [6, 6.07) is 9.96. The Bertz CT molecular complexity index is 465. The van der Waals surface area contributed by atoms with Crippen LogP contribution in [0.2, 0.25) is 0 Å². The van der Waals surface area contributed by atoms with E-state index in [1.165, 1.54) is 5.56 Å². The van der Waals surface area contributed by atoms with E-state index in [2.05, 4.69) is 0 Å². The SMILES string of the molecule is CS(=O)(=O)OC(CCc1ccccc1)C1CCO1. The predicted octanol–water partition coefficient (Wildman–Crippen LogP) is 1.75. The Morgan fingerprint density at radius 2 is 2.06 bits per heavy atom. The monoisotopic (exact) mass is 270 g/mol. The molecule has 4 nitrogen and oxygen atoms in total. The molecule has 0 aromatic heterocycles. The highest BCUT2D eigenvalue weighted by atomic mass is 32.2. The van der Waals surface area contributed by atoms with Crippen LogP contribution < -0.4 is 0 Å². The lowest BCUT2D eigenvalue weighted by Crippen LogP contribution is -2.41. The highest BCUT2D eigenvalue weighted by Gasteiger charge is 2.31. The third-order valence-electron chi connectivity index (χ3n) is 3.01. The molecule has 0 spiro atoms. The minimum atomic E-state index is -3.43. The van der Waals surface area contributed by atoms with Crippen LogP contribution in [-0.2, 0) is 25.5 Å². The van der Waals surface area contributed by atoms with Crippen LogP contribution in [0.15, 0.2) is 30.3 Å². The molecule has 1 aliphatic heterocycles. The third-order valence-corrected chi connectivity index (χ3v) is 3.60.